The van der Waals surface area contributed by atoms with Crippen molar-refractivity contribution in [2.75, 3.05) is 33.8 Å². The number of amides is 2. The van der Waals surface area contributed by atoms with E-state index in [9.17, 15) is 4.79 Å². The average molecular weight is 264 g/mol. The highest BCUT2D eigenvalue weighted by atomic mass is 16.5. The minimum absolute atomic E-state index is 0.0958. The van der Waals surface area contributed by atoms with Crippen molar-refractivity contribution in [2.24, 2.45) is 0 Å². The van der Waals surface area contributed by atoms with Gasteiger partial charge in [0.2, 0.25) is 0 Å². The van der Waals surface area contributed by atoms with Crippen molar-refractivity contribution in [1.29, 1.82) is 0 Å². The largest absolute Gasteiger partial charge is 0.497 e. The van der Waals surface area contributed by atoms with Crippen LogP contribution in [-0.2, 0) is 6.42 Å². The zero-order chi connectivity index (χ0) is 14.3. The molecule has 0 spiro atoms. The van der Waals surface area contributed by atoms with Crippen LogP contribution in [0.5, 0.6) is 5.75 Å². The fraction of sp³-hybridized carbons (Fsp3) is 0.533. The van der Waals surface area contributed by atoms with E-state index in [4.69, 9.17) is 4.74 Å². The van der Waals surface area contributed by atoms with E-state index in [1.54, 1.807) is 12.0 Å². The summed E-state index contributed by atoms with van der Waals surface area (Å²) in [6.45, 7) is 6.23. The fourth-order valence-corrected chi connectivity index (χ4v) is 1.92. The summed E-state index contributed by atoms with van der Waals surface area (Å²) in [5, 5.41) is 0. The first kappa shape index (κ1) is 15.3. The maximum Gasteiger partial charge on any atom is 0.319 e. The molecule has 0 aromatic heterocycles. The van der Waals surface area contributed by atoms with E-state index < -0.39 is 0 Å². The SMILES string of the molecule is CCN(CC)C(=O)N(C)CCc1ccc(OC)cc1. The smallest absolute Gasteiger partial charge is 0.319 e. The molecule has 0 bridgehead atoms. The number of likely N-dealkylation sites (N-methyl/N-ethyl adjacent to an activating group) is 1. The van der Waals surface area contributed by atoms with Crippen molar-refractivity contribution < 1.29 is 9.53 Å². The Morgan fingerprint density at radius 1 is 1.16 bits per heavy atom. The van der Waals surface area contributed by atoms with Gasteiger partial charge in [0, 0.05) is 26.7 Å². The molecule has 0 fully saturated rings. The van der Waals surface area contributed by atoms with E-state index in [0.29, 0.717) is 0 Å². The van der Waals surface area contributed by atoms with Crippen LogP contribution < -0.4 is 4.74 Å². The summed E-state index contributed by atoms with van der Waals surface area (Å²) in [5.41, 5.74) is 1.21. The highest BCUT2D eigenvalue weighted by molar-refractivity contribution is 5.74. The molecule has 0 saturated heterocycles. The van der Waals surface area contributed by atoms with Crippen LogP contribution in [0, 0.1) is 0 Å². The monoisotopic (exact) mass is 264 g/mol. The van der Waals surface area contributed by atoms with Gasteiger partial charge in [0.15, 0.2) is 0 Å². The molecule has 19 heavy (non-hydrogen) atoms. The maximum absolute atomic E-state index is 12.1. The van der Waals surface area contributed by atoms with Crippen LogP contribution in [0.4, 0.5) is 4.79 Å². The lowest BCUT2D eigenvalue weighted by Crippen LogP contribution is -2.41. The number of methoxy groups -OCH3 is 1. The molecule has 106 valence electrons. The third-order valence-electron chi connectivity index (χ3n) is 3.26. The third kappa shape index (κ3) is 4.47. The molecule has 0 heterocycles. The molecule has 2 amide bonds. The van der Waals surface area contributed by atoms with Gasteiger partial charge >= 0.3 is 6.03 Å². The quantitative estimate of drug-likeness (QED) is 0.791. The van der Waals surface area contributed by atoms with Crippen molar-refractivity contribution in [1.82, 2.24) is 9.80 Å². The first-order valence-corrected chi connectivity index (χ1v) is 6.75. The summed E-state index contributed by atoms with van der Waals surface area (Å²) >= 11 is 0. The van der Waals surface area contributed by atoms with Crippen LogP contribution in [0.15, 0.2) is 24.3 Å². The van der Waals surface area contributed by atoms with E-state index in [1.807, 2.05) is 50.1 Å². The minimum atomic E-state index is 0.0958. The van der Waals surface area contributed by atoms with Crippen LogP contribution >= 0.6 is 0 Å². The Morgan fingerprint density at radius 2 is 1.74 bits per heavy atom. The predicted octanol–water partition coefficient (Wildman–Crippen LogP) is 2.63. The number of hydrogen-bond donors (Lipinski definition) is 0. The molecule has 1 rings (SSSR count). The van der Waals surface area contributed by atoms with Crippen molar-refractivity contribution in [3.05, 3.63) is 29.8 Å². The van der Waals surface area contributed by atoms with E-state index in [1.165, 1.54) is 5.56 Å². The number of urea groups is 1. The van der Waals surface area contributed by atoms with Gasteiger partial charge in [-0.15, -0.1) is 0 Å². The first-order chi connectivity index (χ1) is 9.12. The van der Waals surface area contributed by atoms with E-state index in [-0.39, 0.29) is 6.03 Å². The van der Waals surface area contributed by atoms with Gasteiger partial charge in [-0.1, -0.05) is 12.1 Å². The first-order valence-electron chi connectivity index (χ1n) is 6.75. The second-order valence-corrected chi connectivity index (χ2v) is 4.47. The van der Waals surface area contributed by atoms with Crippen molar-refractivity contribution in [3.8, 4) is 5.75 Å². The summed E-state index contributed by atoms with van der Waals surface area (Å²) in [6, 6.07) is 8.06. The predicted molar refractivity (Wildman–Crippen MR) is 77.6 cm³/mol. The molecule has 0 N–H and O–H groups in total. The Bertz CT molecular complexity index is 386. The molecule has 4 heteroatoms. The Kier molecular flexibility index (Phi) is 6.19. The molecular formula is C15H24N2O2. The molecule has 0 aliphatic carbocycles. The number of carbonyl (C=O) groups is 1. The van der Waals surface area contributed by atoms with Crippen LogP contribution in [-0.4, -0.2) is 49.6 Å². The molecule has 0 atom stereocenters. The third-order valence-corrected chi connectivity index (χ3v) is 3.26. The van der Waals surface area contributed by atoms with Gasteiger partial charge in [0.1, 0.15) is 5.75 Å². The van der Waals surface area contributed by atoms with Gasteiger partial charge in [0.05, 0.1) is 7.11 Å². The average Bonchev–Trinajstić information content (AvgIpc) is 2.46. The van der Waals surface area contributed by atoms with Gasteiger partial charge in [-0.25, -0.2) is 4.79 Å². The lowest BCUT2D eigenvalue weighted by molar-refractivity contribution is 0.168. The second-order valence-electron chi connectivity index (χ2n) is 4.47. The number of rotatable bonds is 6. The summed E-state index contributed by atoms with van der Waals surface area (Å²) in [5.74, 6) is 0.858. The Balaban J connectivity index is 2.48. The lowest BCUT2D eigenvalue weighted by Gasteiger charge is -2.26. The lowest BCUT2D eigenvalue weighted by atomic mass is 10.1. The van der Waals surface area contributed by atoms with Crippen molar-refractivity contribution >= 4 is 6.03 Å². The molecule has 0 radical (unpaired) electrons. The number of ether oxygens (including phenoxy) is 1. The molecule has 0 aliphatic rings. The van der Waals surface area contributed by atoms with Gasteiger partial charge in [-0.05, 0) is 38.0 Å². The highest BCUT2D eigenvalue weighted by Gasteiger charge is 2.14. The number of nitrogens with zero attached hydrogens (tertiary/aromatic N) is 2. The normalized spacial score (nSPS) is 10.1. The van der Waals surface area contributed by atoms with E-state index in [2.05, 4.69) is 0 Å². The Hall–Kier alpha value is -1.71. The van der Waals surface area contributed by atoms with Crippen molar-refractivity contribution in [2.45, 2.75) is 20.3 Å². The topological polar surface area (TPSA) is 32.8 Å². The standard InChI is InChI=1S/C15H24N2O2/c1-5-17(6-2)15(18)16(3)12-11-13-7-9-14(19-4)10-8-13/h7-10H,5-6,11-12H2,1-4H3. The van der Waals surface area contributed by atoms with Gasteiger partial charge in [0.25, 0.3) is 0 Å². The van der Waals surface area contributed by atoms with Crippen LogP contribution in [0.25, 0.3) is 0 Å². The van der Waals surface area contributed by atoms with Crippen molar-refractivity contribution in [3.63, 3.8) is 0 Å². The highest BCUT2D eigenvalue weighted by Crippen LogP contribution is 2.12. The molecule has 0 unspecified atom stereocenters. The summed E-state index contributed by atoms with van der Waals surface area (Å²) in [4.78, 5) is 15.7. The van der Waals surface area contributed by atoms with E-state index >= 15 is 0 Å². The van der Waals surface area contributed by atoms with Crippen LogP contribution in [0.2, 0.25) is 0 Å². The Morgan fingerprint density at radius 3 is 2.21 bits per heavy atom. The van der Waals surface area contributed by atoms with Crippen LogP contribution in [0.1, 0.15) is 19.4 Å². The zero-order valence-electron chi connectivity index (χ0n) is 12.3. The molecule has 1 aromatic rings. The van der Waals surface area contributed by atoms with E-state index in [0.717, 1.165) is 31.8 Å². The minimum Gasteiger partial charge on any atom is -0.497 e. The molecule has 0 aliphatic heterocycles. The zero-order valence-corrected chi connectivity index (χ0v) is 12.3. The summed E-state index contributed by atoms with van der Waals surface area (Å²) in [7, 11) is 3.51. The molecule has 1 aromatic carbocycles. The summed E-state index contributed by atoms with van der Waals surface area (Å²) in [6.07, 6.45) is 0.855. The number of carbonyl (C=O) groups excluding carboxylic acids is 1. The molecule has 4 nitrogen and oxygen atoms in total. The number of hydrogen-bond acceptors (Lipinski definition) is 2. The Labute approximate surface area is 116 Å². The molecule has 0 saturated carbocycles. The summed E-state index contributed by atoms with van der Waals surface area (Å²) < 4.78 is 5.12. The molecular weight excluding hydrogens is 240 g/mol. The van der Waals surface area contributed by atoms with Gasteiger partial charge in [-0.3, -0.25) is 0 Å². The fourth-order valence-electron chi connectivity index (χ4n) is 1.92. The van der Waals surface area contributed by atoms with Gasteiger partial charge in [-0.2, -0.15) is 0 Å². The maximum atomic E-state index is 12.1. The van der Waals surface area contributed by atoms with Crippen LogP contribution in [0.3, 0.4) is 0 Å². The van der Waals surface area contributed by atoms with Gasteiger partial charge < -0.3 is 14.5 Å². The number of benzene rings is 1. The second kappa shape index (κ2) is 7.67.